The maximum Gasteiger partial charge on any atom is 0.0320 e. The molecule has 1 heteroatoms. The number of benzene rings is 1. The van der Waals surface area contributed by atoms with Crippen molar-refractivity contribution >= 4 is 11.8 Å². The van der Waals surface area contributed by atoms with Crippen LogP contribution >= 0.6 is 0 Å². The number of rotatable bonds is 0. The number of allylic oxidation sites excluding steroid dienone is 1. The van der Waals surface area contributed by atoms with Crippen molar-refractivity contribution in [2.75, 3.05) is 5.73 Å². The molecule has 0 atom stereocenters. The van der Waals surface area contributed by atoms with Gasteiger partial charge in [0, 0.05) is 7.11 Å². The third-order valence-electron chi connectivity index (χ3n) is 2.05. The molecule has 2 N–H and O–H groups in total. The maximum atomic E-state index is 5.65. The molecule has 0 heterocycles. The van der Waals surface area contributed by atoms with Crippen molar-refractivity contribution in [2.24, 2.45) is 0 Å². The first-order valence-electron chi connectivity index (χ1n) is 3.91. The summed E-state index contributed by atoms with van der Waals surface area (Å²) in [5.74, 6) is 0. The largest absolute Gasteiger partial charge is 0.399 e. The van der Waals surface area contributed by atoms with Gasteiger partial charge >= 0.3 is 0 Å². The second-order valence-electron chi connectivity index (χ2n) is 2.90. The Morgan fingerprint density at radius 3 is 3.18 bits per heavy atom. The molecule has 1 aliphatic carbocycles. The Morgan fingerprint density at radius 1 is 1.36 bits per heavy atom. The maximum absolute atomic E-state index is 5.65. The smallest absolute Gasteiger partial charge is 0.0320 e. The van der Waals surface area contributed by atoms with Crippen molar-refractivity contribution in [1.29, 1.82) is 0 Å². The summed E-state index contributed by atoms with van der Waals surface area (Å²) in [7, 11) is 0. The predicted octanol–water partition coefficient (Wildman–Crippen LogP) is 2.47. The van der Waals surface area contributed by atoms with Gasteiger partial charge in [-0.05, 0) is 36.1 Å². The number of hydrogen-bond donors (Lipinski definition) is 1. The fraction of sp³-hybridized carbons (Fsp3) is 0.200. The molecule has 1 aromatic rings. The average Bonchev–Trinajstić information content (AvgIpc) is 2.04. The van der Waals surface area contributed by atoms with Gasteiger partial charge in [-0.25, -0.2) is 0 Å². The SMILES string of the molecule is Nc1ccc2c(c1)C=CCC2.[HH]. The van der Waals surface area contributed by atoms with E-state index in [0.717, 1.165) is 18.5 Å². The molecule has 0 unspecified atom stereocenters. The van der Waals surface area contributed by atoms with Crippen LogP contribution < -0.4 is 5.73 Å². The minimum atomic E-state index is 0. The van der Waals surface area contributed by atoms with Gasteiger partial charge in [0.2, 0.25) is 0 Å². The summed E-state index contributed by atoms with van der Waals surface area (Å²) in [5.41, 5.74) is 9.21. The van der Waals surface area contributed by atoms with E-state index in [1.54, 1.807) is 0 Å². The van der Waals surface area contributed by atoms with Crippen LogP contribution in [0.4, 0.5) is 5.69 Å². The monoisotopic (exact) mass is 147 g/mol. The van der Waals surface area contributed by atoms with E-state index >= 15 is 0 Å². The molecule has 0 saturated heterocycles. The molecular weight excluding hydrogens is 134 g/mol. The topological polar surface area (TPSA) is 26.0 Å². The van der Waals surface area contributed by atoms with Gasteiger partial charge in [-0.3, -0.25) is 0 Å². The summed E-state index contributed by atoms with van der Waals surface area (Å²) >= 11 is 0. The molecule has 0 saturated carbocycles. The van der Waals surface area contributed by atoms with E-state index in [1.807, 2.05) is 12.1 Å². The minimum absolute atomic E-state index is 0. The summed E-state index contributed by atoms with van der Waals surface area (Å²) in [4.78, 5) is 0. The number of aryl methyl sites for hydroxylation is 1. The fourth-order valence-corrected chi connectivity index (χ4v) is 1.45. The number of anilines is 1. The zero-order valence-corrected chi connectivity index (χ0v) is 6.38. The average molecular weight is 147 g/mol. The Bertz CT molecular complexity index is 305. The lowest BCUT2D eigenvalue weighted by Crippen LogP contribution is -1.95. The van der Waals surface area contributed by atoms with Crippen molar-refractivity contribution < 1.29 is 1.43 Å². The van der Waals surface area contributed by atoms with Crippen LogP contribution in [0.2, 0.25) is 0 Å². The Hall–Kier alpha value is -1.24. The van der Waals surface area contributed by atoms with Crippen LogP contribution in [0.5, 0.6) is 0 Å². The highest BCUT2D eigenvalue weighted by atomic mass is 14.5. The lowest BCUT2D eigenvalue weighted by atomic mass is 9.97. The highest BCUT2D eigenvalue weighted by molar-refractivity contribution is 5.61. The third-order valence-corrected chi connectivity index (χ3v) is 2.05. The highest BCUT2D eigenvalue weighted by Gasteiger charge is 2.02. The summed E-state index contributed by atoms with van der Waals surface area (Å²) in [6.45, 7) is 0. The molecule has 1 aliphatic rings. The molecule has 11 heavy (non-hydrogen) atoms. The Balaban J connectivity index is 0.000000720. The van der Waals surface area contributed by atoms with Crippen LogP contribution in [0.3, 0.4) is 0 Å². The quantitative estimate of drug-likeness (QED) is 0.560. The van der Waals surface area contributed by atoms with Gasteiger partial charge in [0.1, 0.15) is 0 Å². The lowest BCUT2D eigenvalue weighted by molar-refractivity contribution is 0.986. The first-order chi connectivity index (χ1) is 5.36. The molecule has 1 nitrogen and oxygen atoms in total. The molecule has 2 rings (SSSR count). The van der Waals surface area contributed by atoms with E-state index in [9.17, 15) is 0 Å². The number of nitrogen functional groups attached to an aromatic ring is 1. The minimum Gasteiger partial charge on any atom is -0.399 e. The van der Waals surface area contributed by atoms with E-state index in [4.69, 9.17) is 5.73 Å². The Kier molecular flexibility index (Phi) is 1.42. The van der Waals surface area contributed by atoms with Gasteiger partial charge in [-0.15, -0.1) is 0 Å². The van der Waals surface area contributed by atoms with Crippen LogP contribution in [0.1, 0.15) is 19.0 Å². The van der Waals surface area contributed by atoms with Crippen LogP contribution in [0.15, 0.2) is 24.3 Å². The van der Waals surface area contributed by atoms with Gasteiger partial charge in [0.15, 0.2) is 0 Å². The summed E-state index contributed by atoms with van der Waals surface area (Å²) in [5, 5.41) is 0. The molecule has 58 valence electrons. The van der Waals surface area contributed by atoms with Crippen LogP contribution in [0, 0.1) is 0 Å². The number of nitrogens with two attached hydrogens (primary N) is 1. The standard InChI is InChI=1S/C10H11N.H2/c11-10-6-5-8-3-1-2-4-9(8)7-10;/h2,4-7H,1,3,11H2;1H. The van der Waals surface area contributed by atoms with Crippen molar-refractivity contribution in [3.05, 3.63) is 35.4 Å². The highest BCUT2D eigenvalue weighted by Crippen LogP contribution is 2.20. The van der Waals surface area contributed by atoms with Crippen molar-refractivity contribution in [2.45, 2.75) is 12.8 Å². The van der Waals surface area contributed by atoms with Gasteiger partial charge in [0.05, 0.1) is 0 Å². The van der Waals surface area contributed by atoms with Crippen LogP contribution in [-0.4, -0.2) is 0 Å². The molecule has 1 aromatic carbocycles. The zero-order valence-electron chi connectivity index (χ0n) is 6.38. The number of fused-ring (bicyclic) bond motifs is 1. The van der Waals surface area contributed by atoms with Crippen molar-refractivity contribution in [1.82, 2.24) is 0 Å². The van der Waals surface area contributed by atoms with E-state index in [-0.39, 0.29) is 1.43 Å². The fourth-order valence-electron chi connectivity index (χ4n) is 1.45. The third kappa shape index (κ3) is 1.14. The second-order valence-corrected chi connectivity index (χ2v) is 2.90. The molecule has 0 aliphatic heterocycles. The normalized spacial score (nSPS) is 14.5. The second kappa shape index (κ2) is 2.42. The molecule has 0 bridgehead atoms. The first-order valence-corrected chi connectivity index (χ1v) is 3.91. The summed E-state index contributed by atoms with van der Waals surface area (Å²) < 4.78 is 0. The Labute approximate surface area is 68.0 Å². The predicted molar refractivity (Wildman–Crippen MR) is 50.3 cm³/mol. The number of hydrogen-bond acceptors (Lipinski definition) is 1. The van der Waals surface area contributed by atoms with Gasteiger partial charge in [-0.2, -0.15) is 0 Å². The van der Waals surface area contributed by atoms with E-state index in [1.165, 1.54) is 11.1 Å². The van der Waals surface area contributed by atoms with Crippen molar-refractivity contribution in [3.63, 3.8) is 0 Å². The zero-order chi connectivity index (χ0) is 7.68. The molecule has 0 amide bonds. The molecule has 0 aromatic heterocycles. The van der Waals surface area contributed by atoms with Gasteiger partial charge in [-0.1, -0.05) is 18.2 Å². The van der Waals surface area contributed by atoms with Crippen LogP contribution in [-0.2, 0) is 6.42 Å². The molecule has 0 spiro atoms. The summed E-state index contributed by atoms with van der Waals surface area (Å²) in [6.07, 6.45) is 6.67. The molecule has 0 fully saturated rings. The van der Waals surface area contributed by atoms with Crippen LogP contribution in [0.25, 0.3) is 6.08 Å². The van der Waals surface area contributed by atoms with E-state index < -0.39 is 0 Å². The van der Waals surface area contributed by atoms with Gasteiger partial charge < -0.3 is 5.73 Å². The summed E-state index contributed by atoms with van der Waals surface area (Å²) in [6, 6.07) is 6.12. The lowest BCUT2D eigenvalue weighted by Gasteiger charge is -2.09. The van der Waals surface area contributed by atoms with Gasteiger partial charge in [0.25, 0.3) is 0 Å². The van der Waals surface area contributed by atoms with E-state index in [2.05, 4.69) is 18.2 Å². The molecule has 0 radical (unpaired) electrons. The molecular formula is C10H13N. The van der Waals surface area contributed by atoms with Crippen molar-refractivity contribution in [3.8, 4) is 0 Å². The Morgan fingerprint density at radius 2 is 2.27 bits per heavy atom. The first kappa shape index (κ1) is 6.47. The van der Waals surface area contributed by atoms with E-state index in [0.29, 0.717) is 0 Å².